The first kappa shape index (κ1) is 18.9. The number of nitrogens with one attached hydrogen (secondary N) is 2. The Morgan fingerprint density at radius 3 is 2.31 bits per heavy atom. The molecule has 0 bridgehead atoms. The van der Waals surface area contributed by atoms with Crippen molar-refractivity contribution in [2.24, 2.45) is 5.10 Å². The summed E-state index contributed by atoms with van der Waals surface area (Å²) in [6, 6.07) is 12.7. The summed E-state index contributed by atoms with van der Waals surface area (Å²) in [5, 5.41) is 17.8. The summed E-state index contributed by atoms with van der Waals surface area (Å²) < 4.78 is 5.09. The molecule has 1 unspecified atom stereocenters. The third-order valence-electron chi connectivity index (χ3n) is 3.70. The van der Waals surface area contributed by atoms with E-state index < -0.39 is 11.0 Å². The Morgan fingerprint density at radius 2 is 1.77 bits per heavy atom. The fraction of sp³-hybridized carbons (Fsp3) is 0.222. The molecule has 8 nitrogen and oxygen atoms in total. The first-order chi connectivity index (χ1) is 12.4. The van der Waals surface area contributed by atoms with Crippen LogP contribution in [0.2, 0.25) is 0 Å². The van der Waals surface area contributed by atoms with Crippen LogP contribution in [-0.4, -0.2) is 29.7 Å². The number of amides is 1. The van der Waals surface area contributed by atoms with Crippen LogP contribution < -0.4 is 15.5 Å². The molecule has 2 N–H and O–H groups in total. The van der Waals surface area contributed by atoms with E-state index in [-0.39, 0.29) is 11.6 Å². The Labute approximate surface area is 151 Å². The molecule has 136 valence electrons. The van der Waals surface area contributed by atoms with Gasteiger partial charge in [-0.1, -0.05) is 0 Å². The molecule has 1 amide bonds. The van der Waals surface area contributed by atoms with Crippen LogP contribution in [0.15, 0.2) is 53.6 Å². The van der Waals surface area contributed by atoms with Crippen molar-refractivity contribution in [2.75, 3.05) is 12.4 Å². The van der Waals surface area contributed by atoms with E-state index in [9.17, 15) is 14.9 Å². The van der Waals surface area contributed by atoms with Crippen LogP contribution >= 0.6 is 0 Å². The molecule has 0 aromatic heterocycles. The molecule has 0 aliphatic rings. The topological polar surface area (TPSA) is 106 Å². The number of benzene rings is 2. The number of non-ortho nitro benzene ring substituents is 1. The van der Waals surface area contributed by atoms with Gasteiger partial charge in [-0.3, -0.25) is 14.9 Å². The first-order valence-corrected chi connectivity index (χ1v) is 7.90. The van der Waals surface area contributed by atoms with Crippen molar-refractivity contribution >= 4 is 23.0 Å². The number of nitro groups is 1. The largest absolute Gasteiger partial charge is 0.497 e. The minimum Gasteiger partial charge on any atom is -0.497 e. The second-order valence-electron chi connectivity index (χ2n) is 5.57. The van der Waals surface area contributed by atoms with E-state index in [1.807, 2.05) is 12.1 Å². The van der Waals surface area contributed by atoms with Gasteiger partial charge in [0.25, 0.3) is 11.6 Å². The monoisotopic (exact) mass is 356 g/mol. The van der Waals surface area contributed by atoms with E-state index in [0.29, 0.717) is 11.3 Å². The molecule has 0 aliphatic carbocycles. The van der Waals surface area contributed by atoms with Crippen molar-refractivity contribution in [1.82, 2.24) is 5.43 Å². The van der Waals surface area contributed by atoms with Gasteiger partial charge in [0.1, 0.15) is 11.8 Å². The Kier molecular flexibility index (Phi) is 6.26. The molecular formula is C18H20N4O4. The van der Waals surface area contributed by atoms with Gasteiger partial charge in [-0.2, -0.15) is 5.10 Å². The second-order valence-corrected chi connectivity index (χ2v) is 5.57. The van der Waals surface area contributed by atoms with Crippen LogP contribution in [0.3, 0.4) is 0 Å². The smallest absolute Gasteiger partial charge is 0.269 e. The number of hydrogen-bond donors (Lipinski definition) is 2. The molecule has 1 atom stereocenters. The lowest BCUT2D eigenvalue weighted by Gasteiger charge is -2.14. The number of hydrogen-bond acceptors (Lipinski definition) is 6. The van der Waals surface area contributed by atoms with Crippen molar-refractivity contribution in [1.29, 1.82) is 0 Å². The number of carbonyl (C=O) groups is 1. The standard InChI is InChI=1S/C18H20N4O4/c1-12(14-4-8-16(9-5-14)22(24)25)20-21-18(23)13(2)19-15-6-10-17(26-3)11-7-15/h4-11,13,19H,1-3H3,(H,21,23). The highest BCUT2D eigenvalue weighted by Gasteiger charge is 2.12. The fourth-order valence-electron chi connectivity index (χ4n) is 2.13. The predicted molar refractivity (Wildman–Crippen MR) is 99.5 cm³/mol. The SMILES string of the molecule is COc1ccc(NC(C)C(=O)NN=C(C)c2ccc([N+](=O)[O-])cc2)cc1. The maximum absolute atomic E-state index is 12.2. The lowest BCUT2D eigenvalue weighted by molar-refractivity contribution is -0.384. The normalized spacial score (nSPS) is 12.2. The third kappa shape index (κ3) is 5.04. The molecule has 0 heterocycles. The quantitative estimate of drug-likeness (QED) is 0.451. The zero-order valence-corrected chi connectivity index (χ0v) is 14.7. The van der Waals surface area contributed by atoms with Gasteiger partial charge < -0.3 is 10.1 Å². The maximum Gasteiger partial charge on any atom is 0.269 e. The van der Waals surface area contributed by atoms with Crippen molar-refractivity contribution in [3.8, 4) is 5.75 Å². The highest BCUT2D eigenvalue weighted by atomic mass is 16.6. The van der Waals surface area contributed by atoms with Crippen LogP contribution in [0, 0.1) is 10.1 Å². The van der Waals surface area contributed by atoms with Gasteiger partial charge in [0.15, 0.2) is 0 Å². The predicted octanol–water partition coefficient (Wildman–Crippen LogP) is 2.94. The summed E-state index contributed by atoms with van der Waals surface area (Å²) in [7, 11) is 1.59. The summed E-state index contributed by atoms with van der Waals surface area (Å²) in [5.74, 6) is 0.429. The van der Waals surface area contributed by atoms with Gasteiger partial charge in [0.05, 0.1) is 17.7 Å². The Morgan fingerprint density at radius 1 is 1.15 bits per heavy atom. The number of carbonyl (C=O) groups excluding carboxylic acids is 1. The first-order valence-electron chi connectivity index (χ1n) is 7.90. The summed E-state index contributed by atoms with van der Waals surface area (Å²) in [4.78, 5) is 22.3. The average Bonchev–Trinajstić information content (AvgIpc) is 2.66. The van der Waals surface area contributed by atoms with Crippen molar-refractivity contribution in [2.45, 2.75) is 19.9 Å². The van der Waals surface area contributed by atoms with Gasteiger partial charge >= 0.3 is 0 Å². The van der Waals surface area contributed by atoms with Crippen molar-refractivity contribution in [3.63, 3.8) is 0 Å². The highest BCUT2D eigenvalue weighted by molar-refractivity contribution is 5.99. The summed E-state index contributed by atoms with van der Waals surface area (Å²) in [6.07, 6.45) is 0. The number of anilines is 1. The molecule has 0 spiro atoms. The zero-order valence-electron chi connectivity index (χ0n) is 14.7. The van der Waals surface area contributed by atoms with Crippen LogP contribution in [-0.2, 0) is 4.79 Å². The molecule has 0 fully saturated rings. The third-order valence-corrected chi connectivity index (χ3v) is 3.70. The molecule has 26 heavy (non-hydrogen) atoms. The molecule has 2 aromatic rings. The van der Waals surface area contributed by atoms with Crippen molar-refractivity contribution in [3.05, 3.63) is 64.2 Å². The number of hydrazone groups is 1. The lowest BCUT2D eigenvalue weighted by atomic mass is 10.1. The number of nitro benzene ring substituents is 1. The molecule has 0 saturated carbocycles. The van der Waals surface area contributed by atoms with Crippen LogP contribution in [0.5, 0.6) is 5.75 Å². The molecule has 8 heteroatoms. The van der Waals surface area contributed by atoms with E-state index in [1.54, 1.807) is 45.2 Å². The van der Waals surface area contributed by atoms with E-state index in [4.69, 9.17) is 4.74 Å². The summed E-state index contributed by atoms with van der Waals surface area (Å²) in [5.41, 5.74) is 4.51. The summed E-state index contributed by atoms with van der Waals surface area (Å²) >= 11 is 0. The van der Waals surface area contributed by atoms with Gasteiger partial charge in [-0.05, 0) is 55.8 Å². The maximum atomic E-state index is 12.2. The zero-order chi connectivity index (χ0) is 19.1. The Balaban J connectivity index is 1.94. The Hall–Kier alpha value is -3.42. The molecule has 2 rings (SSSR count). The minimum absolute atomic E-state index is 0.00268. The summed E-state index contributed by atoms with van der Waals surface area (Å²) in [6.45, 7) is 3.43. The second kappa shape index (κ2) is 8.61. The van der Waals surface area contributed by atoms with E-state index in [0.717, 1.165) is 11.4 Å². The van der Waals surface area contributed by atoms with Gasteiger partial charge in [0, 0.05) is 17.8 Å². The Bertz CT molecular complexity index is 801. The average molecular weight is 356 g/mol. The van der Waals surface area contributed by atoms with E-state index in [1.165, 1.54) is 12.1 Å². The van der Waals surface area contributed by atoms with E-state index >= 15 is 0 Å². The molecule has 0 radical (unpaired) electrons. The van der Waals surface area contributed by atoms with Crippen LogP contribution in [0.1, 0.15) is 19.4 Å². The number of ether oxygens (including phenoxy) is 1. The number of methoxy groups -OCH3 is 1. The molecule has 2 aromatic carbocycles. The lowest BCUT2D eigenvalue weighted by Crippen LogP contribution is -2.35. The van der Waals surface area contributed by atoms with Gasteiger partial charge in [-0.15, -0.1) is 0 Å². The molecule has 0 saturated heterocycles. The van der Waals surface area contributed by atoms with E-state index in [2.05, 4.69) is 15.8 Å². The van der Waals surface area contributed by atoms with Crippen LogP contribution in [0.25, 0.3) is 0 Å². The van der Waals surface area contributed by atoms with Gasteiger partial charge in [-0.25, -0.2) is 5.43 Å². The fourth-order valence-corrected chi connectivity index (χ4v) is 2.13. The van der Waals surface area contributed by atoms with Crippen molar-refractivity contribution < 1.29 is 14.5 Å². The molecule has 0 aliphatic heterocycles. The number of rotatable bonds is 7. The molecular weight excluding hydrogens is 336 g/mol. The van der Waals surface area contributed by atoms with Crippen LogP contribution in [0.4, 0.5) is 11.4 Å². The minimum atomic E-state index is -0.503. The van der Waals surface area contributed by atoms with Gasteiger partial charge in [0.2, 0.25) is 0 Å². The highest BCUT2D eigenvalue weighted by Crippen LogP contribution is 2.16. The number of nitrogens with zero attached hydrogens (tertiary/aromatic N) is 2.